The number of hydrogen-bond acceptors (Lipinski definition) is 3. The summed E-state index contributed by atoms with van der Waals surface area (Å²) in [6, 6.07) is 8.65. The van der Waals surface area contributed by atoms with E-state index in [9.17, 15) is 0 Å². The van der Waals surface area contributed by atoms with Gasteiger partial charge in [-0.1, -0.05) is 12.1 Å². The summed E-state index contributed by atoms with van der Waals surface area (Å²) in [6.07, 6.45) is 2.70. The summed E-state index contributed by atoms with van der Waals surface area (Å²) in [5.41, 5.74) is 1.17. The number of aliphatic imine (C=N–C) groups is 1. The standard InChI is InChI=1S/C17H28N4O/c1-18-17(20-12-16(21(2)3)14-8-9-14)19-11-13-6-5-7-15(10-13)22-4/h5-7,10,14,16H,8-9,11-12H2,1-4H3,(H2,18,19,20). The minimum atomic E-state index is 0.579. The average molecular weight is 304 g/mol. The molecular formula is C17H28N4O. The lowest BCUT2D eigenvalue weighted by atomic mass is 10.1. The van der Waals surface area contributed by atoms with Crippen LogP contribution in [0.25, 0.3) is 0 Å². The Balaban J connectivity index is 1.81. The van der Waals surface area contributed by atoms with E-state index in [2.05, 4.69) is 40.7 Å². The van der Waals surface area contributed by atoms with Gasteiger partial charge in [0, 0.05) is 26.2 Å². The first kappa shape index (κ1) is 16.6. The Bertz CT molecular complexity index is 495. The minimum absolute atomic E-state index is 0.579. The van der Waals surface area contributed by atoms with Crippen LogP contribution in [-0.4, -0.2) is 51.7 Å². The highest BCUT2D eigenvalue weighted by Gasteiger charge is 2.32. The molecule has 1 unspecified atom stereocenters. The fraction of sp³-hybridized carbons (Fsp3) is 0.588. The van der Waals surface area contributed by atoms with Gasteiger partial charge in [0.25, 0.3) is 0 Å². The van der Waals surface area contributed by atoms with E-state index >= 15 is 0 Å². The highest BCUT2D eigenvalue weighted by atomic mass is 16.5. The zero-order chi connectivity index (χ0) is 15.9. The Morgan fingerprint density at radius 2 is 2.14 bits per heavy atom. The predicted octanol–water partition coefficient (Wildman–Crippen LogP) is 1.70. The van der Waals surface area contributed by atoms with Crippen molar-refractivity contribution in [2.45, 2.75) is 25.4 Å². The first-order valence-electron chi connectivity index (χ1n) is 7.88. The molecule has 2 N–H and O–H groups in total. The van der Waals surface area contributed by atoms with Crippen molar-refractivity contribution < 1.29 is 4.74 Å². The molecule has 122 valence electrons. The molecule has 1 aliphatic carbocycles. The molecule has 5 nitrogen and oxygen atoms in total. The SMILES string of the molecule is CN=C(NCc1cccc(OC)c1)NCC(C1CC1)N(C)C. The fourth-order valence-electron chi connectivity index (χ4n) is 2.64. The van der Waals surface area contributed by atoms with E-state index in [4.69, 9.17) is 4.74 Å². The molecule has 1 aliphatic rings. The number of guanidine groups is 1. The van der Waals surface area contributed by atoms with Gasteiger partial charge in [-0.2, -0.15) is 0 Å². The van der Waals surface area contributed by atoms with Crippen molar-refractivity contribution >= 4 is 5.96 Å². The topological polar surface area (TPSA) is 48.9 Å². The Hall–Kier alpha value is -1.75. The third-order valence-corrected chi connectivity index (χ3v) is 4.13. The number of likely N-dealkylation sites (N-methyl/N-ethyl adjacent to an activating group) is 1. The molecule has 0 saturated heterocycles. The maximum absolute atomic E-state index is 5.25. The van der Waals surface area contributed by atoms with Gasteiger partial charge < -0.3 is 20.3 Å². The second kappa shape index (κ2) is 8.03. The molecular weight excluding hydrogens is 276 g/mol. The number of rotatable bonds is 7. The van der Waals surface area contributed by atoms with Crippen molar-refractivity contribution in [2.24, 2.45) is 10.9 Å². The normalized spacial score (nSPS) is 16.5. The van der Waals surface area contributed by atoms with Crippen LogP contribution in [0, 0.1) is 5.92 Å². The maximum atomic E-state index is 5.25. The van der Waals surface area contributed by atoms with Gasteiger partial charge in [0.2, 0.25) is 0 Å². The number of benzene rings is 1. The molecule has 0 radical (unpaired) electrons. The zero-order valence-electron chi connectivity index (χ0n) is 14.1. The third kappa shape index (κ3) is 4.91. The molecule has 0 bridgehead atoms. The number of methoxy groups -OCH3 is 1. The van der Waals surface area contributed by atoms with Gasteiger partial charge in [-0.3, -0.25) is 4.99 Å². The second-order valence-corrected chi connectivity index (χ2v) is 6.03. The van der Waals surface area contributed by atoms with E-state index in [1.165, 1.54) is 18.4 Å². The summed E-state index contributed by atoms with van der Waals surface area (Å²) >= 11 is 0. The highest BCUT2D eigenvalue weighted by molar-refractivity contribution is 5.79. The van der Waals surface area contributed by atoms with Crippen molar-refractivity contribution in [3.63, 3.8) is 0 Å². The van der Waals surface area contributed by atoms with Gasteiger partial charge in [-0.15, -0.1) is 0 Å². The molecule has 0 aliphatic heterocycles. The number of hydrogen-bond donors (Lipinski definition) is 2. The fourth-order valence-corrected chi connectivity index (χ4v) is 2.64. The Labute approximate surface area is 133 Å². The second-order valence-electron chi connectivity index (χ2n) is 6.03. The van der Waals surface area contributed by atoms with Crippen LogP contribution in [0.2, 0.25) is 0 Å². The van der Waals surface area contributed by atoms with E-state index in [0.29, 0.717) is 6.04 Å². The monoisotopic (exact) mass is 304 g/mol. The third-order valence-electron chi connectivity index (χ3n) is 4.13. The summed E-state index contributed by atoms with van der Waals surface area (Å²) in [5, 5.41) is 6.79. The lowest BCUT2D eigenvalue weighted by Crippen LogP contribution is -2.45. The summed E-state index contributed by atoms with van der Waals surface area (Å²) < 4.78 is 5.25. The van der Waals surface area contributed by atoms with Crippen LogP contribution in [0.15, 0.2) is 29.3 Å². The van der Waals surface area contributed by atoms with Crippen LogP contribution in [0.5, 0.6) is 5.75 Å². The quantitative estimate of drug-likeness (QED) is 0.595. The number of nitrogens with zero attached hydrogens (tertiary/aromatic N) is 2. The van der Waals surface area contributed by atoms with E-state index in [1.807, 2.05) is 25.2 Å². The zero-order valence-corrected chi connectivity index (χ0v) is 14.1. The minimum Gasteiger partial charge on any atom is -0.497 e. The molecule has 1 fully saturated rings. The van der Waals surface area contributed by atoms with Gasteiger partial charge in [-0.05, 0) is 50.6 Å². The molecule has 0 aromatic heterocycles. The summed E-state index contributed by atoms with van der Waals surface area (Å²) in [6.45, 7) is 1.66. The Morgan fingerprint density at radius 3 is 2.73 bits per heavy atom. The van der Waals surface area contributed by atoms with Crippen molar-refractivity contribution in [1.82, 2.24) is 15.5 Å². The Morgan fingerprint density at radius 1 is 1.36 bits per heavy atom. The van der Waals surface area contributed by atoms with Crippen LogP contribution in [-0.2, 0) is 6.54 Å². The van der Waals surface area contributed by atoms with Gasteiger partial charge in [-0.25, -0.2) is 0 Å². The van der Waals surface area contributed by atoms with Gasteiger partial charge in [0.15, 0.2) is 5.96 Å². The van der Waals surface area contributed by atoms with Gasteiger partial charge in [0.1, 0.15) is 5.75 Å². The summed E-state index contributed by atoms with van der Waals surface area (Å²) in [7, 11) is 7.79. The summed E-state index contributed by atoms with van der Waals surface area (Å²) in [5.74, 6) is 2.55. The lowest BCUT2D eigenvalue weighted by molar-refractivity contribution is 0.264. The maximum Gasteiger partial charge on any atom is 0.191 e. The lowest BCUT2D eigenvalue weighted by Gasteiger charge is -2.25. The van der Waals surface area contributed by atoms with E-state index < -0.39 is 0 Å². The Kier molecular flexibility index (Phi) is 6.07. The molecule has 1 atom stereocenters. The van der Waals surface area contributed by atoms with Crippen LogP contribution < -0.4 is 15.4 Å². The first-order valence-corrected chi connectivity index (χ1v) is 7.88. The van der Waals surface area contributed by atoms with Crippen LogP contribution >= 0.6 is 0 Å². The van der Waals surface area contributed by atoms with Gasteiger partial charge in [0.05, 0.1) is 7.11 Å². The van der Waals surface area contributed by atoms with E-state index in [1.54, 1.807) is 7.11 Å². The van der Waals surface area contributed by atoms with Crippen molar-refractivity contribution in [1.29, 1.82) is 0 Å². The van der Waals surface area contributed by atoms with Crippen LogP contribution in [0.3, 0.4) is 0 Å². The molecule has 0 heterocycles. The molecule has 1 saturated carbocycles. The molecule has 2 rings (SSSR count). The first-order chi connectivity index (χ1) is 10.6. The number of ether oxygens (including phenoxy) is 1. The van der Waals surface area contributed by atoms with Crippen LogP contribution in [0.1, 0.15) is 18.4 Å². The average Bonchev–Trinajstić information content (AvgIpc) is 3.35. The number of nitrogens with one attached hydrogen (secondary N) is 2. The van der Waals surface area contributed by atoms with Crippen LogP contribution in [0.4, 0.5) is 0 Å². The van der Waals surface area contributed by atoms with E-state index in [-0.39, 0.29) is 0 Å². The molecule has 22 heavy (non-hydrogen) atoms. The van der Waals surface area contributed by atoms with Crippen molar-refractivity contribution in [2.75, 3.05) is 34.8 Å². The largest absolute Gasteiger partial charge is 0.497 e. The van der Waals surface area contributed by atoms with Crippen molar-refractivity contribution in [3.8, 4) is 5.75 Å². The van der Waals surface area contributed by atoms with E-state index in [0.717, 1.165) is 30.7 Å². The molecule has 0 amide bonds. The predicted molar refractivity (Wildman–Crippen MR) is 91.4 cm³/mol. The summed E-state index contributed by atoms with van der Waals surface area (Å²) in [4.78, 5) is 6.61. The van der Waals surface area contributed by atoms with Crippen molar-refractivity contribution in [3.05, 3.63) is 29.8 Å². The molecule has 1 aromatic rings. The molecule has 5 heteroatoms. The smallest absolute Gasteiger partial charge is 0.191 e. The molecule has 1 aromatic carbocycles. The molecule has 0 spiro atoms. The highest BCUT2D eigenvalue weighted by Crippen LogP contribution is 2.34. The van der Waals surface area contributed by atoms with Gasteiger partial charge >= 0.3 is 0 Å².